The predicted octanol–water partition coefficient (Wildman–Crippen LogP) is 1.65. The molecule has 1 aliphatic heterocycles. The van der Waals surface area contributed by atoms with Crippen LogP contribution in [0.15, 0.2) is 5.16 Å². The molecule has 8 heteroatoms. The van der Waals surface area contributed by atoms with Crippen LogP contribution >= 0.6 is 23.3 Å². The van der Waals surface area contributed by atoms with Gasteiger partial charge in [0.25, 0.3) is 0 Å². The van der Waals surface area contributed by atoms with Crippen LogP contribution in [-0.2, 0) is 4.79 Å². The summed E-state index contributed by atoms with van der Waals surface area (Å²) in [4.78, 5) is 18.5. The van der Waals surface area contributed by atoms with Crippen molar-refractivity contribution >= 4 is 34.3 Å². The molecule has 2 unspecified atom stereocenters. The topological polar surface area (TPSA) is 84.1 Å². The van der Waals surface area contributed by atoms with Crippen LogP contribution in [0.3, 0.4) is 0 Å². The second kappa shape index (κ2) is 8.07. The van der Waals surface area contributed by atoms with Crippen LogP contribution in [-0.4, -0.2) is 51.6 Å². The SMILES string of the molecule is CCCSc1nsc(NC(=O)CN2CCC(N)C(C)C2)n1. The lowest BCUT2D eigenvalue weighted by Crippen LogP contribution is -2.48. The van der Waals surface area contributed by atoms with Gasteiger partial charge in [0.2, 0.25) is 16.2 Å². The lowest BCUT2D eigenvalue weighted by molar-refractivity contribution is -0.117. The third-order valence-electron chi connectivity index (χ3n) is 3.51. The van der Waals surface area contributed by atoms with Gasteiger partial charge in [0.1, 0.15) is 0 Å². The van der Waals surface area contributed by atoms with E-state index in [0.717, 1.165) is 36.8 Å². The van der Waals surface area contributed by atoms with Gasteiger partial charge in [-0.05, 0) is 18.8 Å². The standard InChI is InChI=1S/C13H23N5OS2/c1-3-6-20-13-16-12(21-17-13)15-11(19)8-18-5-4-10(14)9(2)7-18/h9-10H,3-8,14H2,1-2H3,(H,15,16,17,19). The maximum atomic E-state index is 12.0. The number of amides is 1. The maximum Gasteiger partial charge on any atom is 0.240 e. The second-order valence-electron chi connectivity index (χ2n) is 5.44. The molecule has 0 saturated carbocycles. The Morgan fingerprint density at radius 3 is 3.14 bits per heavy atom. The smallest absolute Gasteiger partial charge is 0.240 e. The number of nitrogens with two attached hydrogens (primary N) is 1. The Morgan fingerprint density at radius 1 is 1.62 bits per heavy atom. The van der Waals surface area contributed by atoms with Gasteiger partial charge >= 0.3 is 0 Å². The van der Waals surface area contributed by atoms with Gasteiger partial charge in [-0.2, -0.15) is 9.36 Å². The summed E-state index contributed by atoms with van der Waals surface area (Å²) in [5.41, 5.74) is 5.99. The van der Waals surface area contributed by atoms with E-state index in [1.165, 1.54) is 11.5 Å². The molecule has 3 N–H and O–H groups in total. The van der Waals surface area contributed by atoms with Gasteiger partial charge in [0.05, 0.1) is 6.54 Å². The normalized spacial score (nSPS) is 23.2. The molecule has 118 valence electrons. The third kappa shape index (κ3) is 5.21. The highest BCUT2D eigenvalue weighted by atomic mass is 32.2. The van der Waals surface area contributed by atoms with Crippen molar-refractivity contribution in [2.24, 2.45) is 11.7 Å². The number of nitrogens with one attached hydrogen (secondary N) is 1. The van der Waals surface area contributed by atoms with Gasteiger partial charge in [0.15, 0.2) is 0 Å². The van der Waals surface area contributed by atoms with Crippen molar-refractivity contribution < 1.29 is 4.79 Å². The molecule has 6 nitrogen and oxygen atoms in total. The molecular weight excluding hydrogens is 306 g/mol. The molecule has 0 radical (unpaired) electrons. The number of carbonyl (C=O) groups is 1. The fourth-order valence-corrected chi connectivity index (χ4v) is 3.68. The lowest BCUT2D eigenvalue weighted by atomic mass is 9.95. The van der Waals surface area contributed by atoms with Gasteiger partial charge < -0.3 is 5.73 Å². The van der Waals surface area contributed by atoms with Gasteiger partial charge in [0, 0.05) is 36.4 Å². The highest BCUT2D eigenvalue weighted by Crippen LogP contribution is 2.20. The molecule has 1 amide bonds. The van der Waals surface area contributed by atoms with Crippen LogP contribution in [0.1, 0.15) is 26.7 Å². The Bertz CT molecular complexity index is 467. The average molecular weight is 329 g/mol. The van der Waals surface area contributed by atoms with Gasteiger partial charge in [-0.25, -0.2) is 0 Å². The zero-order chi connectivity index (χ0) is 15.2. The Kier molecular flexibility index (Phi) is 6.40. The minimum absolute atomic E-state index is 0.0270. The van der Waals surface area contributed by atoms with Crippen LogP contribution in [0, 0.1) is 5.92 Å². The van der Waals surface area contributed by atoms with E-state index < -0.39 is 0 Å². The maximum absolute atomic E-state index is 12.0. The third-order valence-corrected chi connectivity index (χ3v) is 5.31. The molecular formula is C13H23N5OS2. The minimum Gasteiger partial charge on any atom is -0.327 e. The van der Waals surface area contributed by atoms with E-state index in [-0.39, 0.29) is 11.9 Å². The molecule has 1 aromatic heterocycles. The first kappa shape index (κ1) is 16.7. The van der Waals surface area contributed by atoms with Crippen molar-refractivity contribution in [2.75, 3.05) is 30.7 Å². The van der Waals surface area contributed by atoms with E-state index in [9.17, 15) is 4.79 Å². The highest BCUT2D eigenvalue weighted by molar-refractivity contribution is 7.99. The van der Waals surface area contributed by atoms with Crippen molar-refractivity contribution in [1.82, 2.24) is 14.3 Å². The number of likely N-dealkylation sites (tertiary alicyclic amines) is 1. The van der Waals surface area contributed by atoms with E-state index in [1.807, 2.05) is 0 Å². The number of hydrogen-bond acceptors (Lipinski definition) is 7. The number of thioether (sulfide) groups is 1. The molecule has 2 heterocycles. The Hall–Kier alpha value is -0.700. The molecule has 1 aliphatic rings. The summed E-state index contributed by atoms with van der Waals surface area (Å²) in [7, 11) is 0. The van der Waals surface area contributed by atoms with E-state index in [4.69, 9.17) is 5.73 Å². The van der Waals surface area contributed by atoms with Crippen LogP contribution in [0.4, 0.5) is 5.13 Å². The van der Waals surface area contributed by atoms with Crippen molar-refractivity contribution in [3.8, 4) is 0 Å². The first-order valence-corrected chi connectivity index (χ1v) is 9.08. The molecule has 1 saturated heterocycles. The van der Waals surface area contributed by atoms with Crippen molar-refractivity contribution in [3.63, 3.8) is 0 Å². The monoisotopic (exact) mass is 329 g/mol. The summed E-state index contributed by atoms with van der Waals surface area (Å²) >= 11 is 2.86. The fourth-order valence-electron chi connectivity index (χ4n) is 2.27. The zero-order valence-electron chi connectivity index (χ0n) is 12.5. The Morgan fingerprint density at radius 2 is 2.43 bits per heavy atom. The number of nitrogens with zero attached hydrogens (tertiary/aromatic N) is 3. The number of anilines is 1. The summed E-state index contributed by atoms with van der Waals surface area (Å²) in [5.74, 6) is 1.40. The van der Waals surface area contributed by atoms with Crippen molar-refractivity contribution in [2.45, 2.75) is 37.9 Å². The largest absolute Gasteiger partial charge is 0.327 e. The number of piperidine rings is 1. The van der Waals surface area contributed by atoms with E-state index >= 15 is 0 Å². The molecule has 1 aromatic rings. The van der Waals surface area contributed by atoms with Crippen LogP contribution in [0.2, 0.25) is 0 Å². The zero-order valence-corrected chi connectivity index (χ0v) is 14.2. The molecule has 0 aromatic carbocycles. The van der Waals surface area contributed by atoms with Crippen LogP contribution in [0.25, 0.3) is 0 Å². The van der Waals surface area contributed by atoms with Gasteiger partial charge in [-0.15, -0.1) is 0 Å². The molecule has 1 fully saturated rings. The van der Waals surface area contributed by atoms with Gasteiger partial charge in [-0.1, -0.05) is 25.6 Å². The number of aromatic nitrogens is 2. The quantitative estimate of drug-likeness (QED) is 0.772. The summed E-state index contributed by atoms with van der Waals surface area (Å²) in [6.07, 6.45) is 2.03. The van der Waals surface area contributed by atoms with Crippen molar-refractivity contribution in [1.29, 1.82) is 0 Å². The summed E-state index contributed by atoms with van der Waals surface area (Å²) in [6, 6.07) is 0.255. The summed E-state index contributed by atoms with van der Waals surface area (Å²) < 4.78 is 4.22. The average Bonchev–Trinajstić information content (AvgIpc) is 2.88. The molecule has 2 atom stereocenters. The Balaban J connectivity index is 1.77. The fraction of sp³-hybridized carbons (Fsp3) is 0.769. The van der Waals surface area contributed by atoms with E-state index in [0.29, 0.717) is 17.6 Å². The Labute approximate surface area is 134 Å². The first-order valence-electron chi connectivity index (χ1n) is 7.32. The number of carbonyl (C=O) groups excluding carboxylic acids is 1. The predicted molar refractivity (Wildman–Crippen MR) is 87.8 cm³/mol. The highest BCUT2D eigenvalue weighted by Gasteiger charge is 2.24. The van der Waals surface area contributed by atoms with Crippen LogP contribution < -0.4 is 11.1 Å². The molecule has 0 aliphatic carbocycles. The lowest BCUT2D eigenvalue weighted by Gasteiger charge is -2.34. The van der Waals surface area contributed by atoms with Gasteiger partial charge in [-0.3, -0.25) is 15.0 Å². The van der Waals surface area contributed by atoms with E-state index in [2.05, 4.69) is 33.4 Å². The molecule has 0 bridgehead atoms. The second-order valence-corrected chi connectivity index (χ2v) is 7.26. The molecule has 0 spiro atoms. The minimum atomic E-state index is -0.0270. The van der Waals surface area contributed by atoms with Crippen molar-refractivity contribution in [3.05, 3.63) is 0 Å². The molecule has 2 rings (SSSR count). The first-order chi connectivity index (χ1) is 10.1. The molecule has 21 heavy (non-hydrogen) atoms. The number of rotatable bonds is 6. The van der Waals surface area contributed by atoms with E-state index in [1.54, 1.807) is 11.8 Å². The number of hydrogen-bond donors (Lipinski definition) is 2. The summed E-state index contributed by atoms with van der Waals surface area (Å²) in [5, 5.41) is 4.16. The van der Waals surface area contributed by atoms with Crippen LogP contribution in [0.5, 0.6) is 0 Å². The summed E-state index contributed by atoms with van der Waals surface area (Å²) in [6.45, 7) is 6.41.